The summed E-state index contributed by atoms with van der Waals surface area (Å²) in [5, 5.41) is 6.08. The number of anilines is 3. The molecule has 2 bridgehead atoms. The topological polar surface area (TPSA) is 110 Å². The smallest absolute Gasteiger partial charge is 0.339 e. The lowest BCUT2D eigenvalue weighted by atomic mass is 9.83. The Morgan fingerprint density at radius 2 is 1.56 bits per heavy atom. The van der Waals surface area contributed by atoms with E-state index < -0.39 is 17.8 Å². The molecule has 0 unspecified atom stereocenters. The van der Waals surface area contributed by atoms with Crippen molar-refractivity contribution in [1.82, 2.24) is 4.57 Å². The molecule has 10 heteroatoms. The fraction of sp³-hybridized carbons (Fsp3) is 0.212. The van der Waals surface area contributed by atoms with Crippen molar-refractivity contribution in [3.8, 4) is 0 Å². The van der Waals surface area contributed by atoms with E-state index in [0.29, 0.717) is 41.6 Å². The summed E-state index contributed by atoms with van der Waals surface area (Å²) < 4.78 is 6.72. The van der Waals surface area contributed by atoms with Gasteiger partial charge in [-0.3, -0.25) is 14.4 Å². The van der Waals surface area contributed by atoms with E-state index >= 15 is 0 Å². The molecule has 2 atom stereocenters. The standard InChI is InChI=1S/C33H29ClN4O5/c1-43-33(42)24-8-3-5-10-26(24)35-31(40)21-13-14-29(27(16-21)36-32(41)23-7-2-4-9-25(23)34)37-17-20-15-22(19-37)28-11-6-12-30(39)38(28)18-20/h2-14,16,20,22H,15,17-19H2,1H3,(H,35,40)(H,36,41)/t20-,22+/m1/s1. The van der Waals surface area contributed by atoms with Gasteiger partial charge >= 0.3 is 5.97 Å². The number of methoxy groups -OCH3 is 1. The zero-order chi connectivity index (χ0) is 30.1. The van der Waals surface area contributed by atoms with Crippen molar-refractivity contribution < 1.29 is 19.1 Å². The van der Waals surface area contributed by atoms with E-state index in [1.807, 2.05) is 16.7 Å². The van der Waals surface area contributed by atoms with Gasteiger partial charge in [0.15, 0.2) is 0 Å². The molecule has 3 heterocycles. The molecule has 9 nitrogen and oxygen atoms in total. The third kappa shape index (κ3) is 5.63. The van der Waals surface area contributed by atoms with E-state index in [2.05, 4.69) is 15.5 Å². The number of benzene rings is 3. The van der Waals surface area contributed by atoms with Crippen molar-refractivity contribution >= 4 is 46.4 Å². The molecule has 0 saturated carbocycles. The fourth-order valence-electron chi connectivity index (χ4n) is 6.06. The predicted molar refractivity (Wildman–Crippen MR) is 165 cm³/mol. The van der Waals surface area contributed by atoms with Gasteiger partial charge in [0.25, 0.3) is 17.4 Å². The van der Waals surface area contributed by atoms with Crippen molar-refractivity contribution in [2.24, 2.45) is 5.92 Å². The summed E-state index contributed by atoms with van der Waals surface area (Å²) in [4.78, 5) is 53.8. The third-order valence-corrected chi connectivity index (χ3v) is 8.36. The molecule has 1 saturated heterocycles. The Kier molecular flexibility index (Phi) is 7.73. The largest absolute Gasteiger partial charge is 0.465 e. The zero-order valence-electron chi connectivity index (χ0n) is 23.4. The monoisotopic (exact) mass is 596 g/mol. The lowest BCUT2D eigenvalue weighted by Crippen LogP contribution is -2.47. The summed E-state index contributed by atoms with van der Waals surface area (Å²) in [6, 6.07) is 23.9. The van der Waals surface area contributed by atoms with Crippen LogP contribution in [0.4, 0.5) is 17.1 Å². The number of carbonyl (C=O) groups excluding carboxylic acids is 3. The van der Waals surface area contributed by atoms with Crippen LogP contribution in [0.25, 0.3) is 0 Å². The summed E-state index contributed by atoms with van der Waals surface area (Å²) in [7, 11) is 1.28. The normalized spacial score (nSPS) is 17.0. The summed E-state index contributed by atoms with van der Waals surface area (Å²) in [5.74, 6) is -1.05. The number of aromatic nitrogens is 1. The van der Waals surface area contributed by atoms with E-state index in [9.17, 15) is 19.2 Å². The second-order valence-electron chi connectivity index (χ2n) is 10.8. The Morgan fingerprint density at radius 3 is 2.35 bits per heavy atom. The highest BCUT2D eigenvalue weighted by molar-refractivity contribution is 6.34. The molecule has 218 valence electrons. The molecule has 4 aromatic rings. The summed E-state index contributed by atoms with van der Waals surface area (Å²) >= 11 is 6.32. The minimum absolute atomic E-state index is 0.0116. The number of para-hydroxylation sites is 1. The molecule has 2 N–H and O–H groups in total. The highest BCUT2D eigenvalue weighted by Crippen LogP contribution is 2.39. The number of hydrogen-bond donors (Lipinski definition) is 2. The van der Waals surface area contributed by atoms with Gasteiger partial charge in [-0.1, -0.05) is 41.9 Å². The van der Waals surface area contributed by atoms with Gasteiger partial charge in [-0.25, -0.2) is 4.79 Å². The number of nitrogens with zero attached hydrogens (tertiary/aromatic N) is 2. The van der Waals surface area contributed by atoms with Gasteiger partial charge < -0.3 is 24.8 Å². The average molecular weight is 597 g/mol. The summed E-state index contributed by atoms with van der Waals surface area (Å²) in [6.45, 7) is 1.96. The Labute approximate surface area is 253 Å². The first-order valence-electron chi connectivity index (χ1n) is 14.0. The molecule has 3 aromatic carbocycles. The van der Waals surface area contributed by atoms with Gasteiger partial charge in [-0.05, 0) is 60.9 Å². The van der Waals surface area contributed by atoms with Crippen LogP contribution in [0.5, 0.6) is 0 Å². The van der Waals surface area contributed by atoms with E-state index in [0.717, 1.165) is 17.8 Å². The molecule has 43 heavy (non-hydrogen) atoms. The first-order chi connectivity index (χ1) is 20.8. The Bertz CT molecular complexity index is 1800. The van der Waals surface area contributed by atoms with Crippen LogP contribution >= 0.6 is 11.6 Å². The van der Waals surface area contributed by atoms with Crippen molar-refractivity contribution in [2.45, 2.75) is 18.9 Å². The summed E-state index contributed by atoms with van der Waals surface area (Å²) in [6.07, 6.45) is 0.974. The lowest BCUT2D eigenvalue weighted by molar-refractivity contribution is 0.0601. The quantitative estimate of drug-likeness (QED) is 0.288. The Balaban J connectivity index is 1.34. The lowest BCUT2D eigenvalue weighted by Gasteiger charge is -2.44. The van der Waals surface area contributed by atoms with Crippen LogP contribution < -0.4 is 21.1 Å². The molecule has 1 aromatic heterocycles. The van der Waals surface area contributed by atoms with E-state index in [-0.39, 0.29) is 28.5 Å². The van der Waals surface area contributed by atoms with Crippen molar-refractivity contribution in [3.05, 3.63) is 123 Å². The predicted octanol–water partition coefficient (Wildman–Crippen LogP) is 5.42. The molecule has 2 aliphatic heterocycles. The van der Waals surface area contributed by atoms with E-state index in [4.69, 9.17) is 16.3 Å². The molecular weight excluding hydrogens is 568 g/mol. The molecule has 0 aliphatic carbocycles. The molecule has 0 radical (unpaired) electrons. The zero-order valence-corrected chi connectivity index (χ0v) is 24.1. The summed E-state index contributed by atoms with van der Waals surface area (Å²) in [5.41, 5.74) is 3.35. The van der Waals surface area contributed by atoms with Crippen LogP contribution in [0.15, 0.2) is 89.7 Å². The molecule has 1 fully saturated rings. The number of rotatable bonds is 6. The fourth-order valence-corrected chi connectivity index (χ4v) is 6.28. The molecule has 6 rings (SSSR count). The van der Waals surface area contributed by atoms with Gasteiger partial charge in [0.2, 0.25) is 0 Å². The average Bonchev–Trinajstić information content (AvgIpc) is 3.01. The van der Waals surface area contributed by atoms with Gasteiger partial charge in [0.1, 0.15) is 0 Å². The van der Waals surface area contributed by atoms with Gasteiger partial charge in [0.05, 0.1) is 40.3 Å². The molecular formula is C33H29ClN4O5. The second-order valence-corrected chi connectivity index (χ2v) is 11.2. The number of carbonyl (C=O) groups is 3. The van der Waals surface area contributed by atoms with Gasteiger partial charge in [-0.2, -0.15) is 0 Å². The number of nitrogens with one attached hydrogen (secondary N) is 2. The second kappa shape index (κ2) is 11.8. The van der Waals surface area contributed by atoms with Crippen LogP contribution in [-0.4, -0.2) is 42.6 Å². The van der Waals surface area contributed by atoms with Crippen LogP contribution in [0.1, 0.15) is 49.1 Å². The number of amides is 2. The van der Waals surface area contributed by atoms with Crippen molar-refractivity contribution in [2.75, 3.05) is 35.7 Å². The maximum Gasteiger partial charge on any atom is 0.339 e. The number of hydrogen-bond acceptors (Lipinski definition) is 6. The first kappa shape index (κ1) is 28.2. The number of piperidine rings is 1. The van der Waals surface area contributed by atoms with Crippen molar-refractivity contribution in [1.29, 1.82) is 0 Å². The molecule has 0 spiro atoms. The van der Waals surface area contributed by atoms with Crippen LogP contribution in [0.3, 0.4) is 0 Å². The van der Waals surface area contributed by atoms with Crippen LogP contribution in [0, 0.1) is 5.92 Å². The molecule has 2 amide bonds. The number of pyridine rings is 1. The minimum atomic E-state index is -0.571. The van der Waals surface area contributed by atoms with Gasteiger partial charge in [-0.15, -0.1) is 0 Å². The Hall–Kier alpha value is -4.89. The maximum absolute atomic E-state index is 13.4. The molecule has 2 aliphatic rings. The number of halogens is 1. The van der Waals surface area contributed by atoms with E-state index in [1.165, 1.54) is 7.11 Å². The van der Waals surface area contributed by atoms with E-state index in [1.54, 1.807) is 72.8 Å². The first-order valence-corrected chi connectivity index (χ1v) is 14.3. The SMILES string of the molecule is COC(=O)c1ccccc1NC(=O)c1ccc(N2C[C@H]3C[C@@H](C2)c2cccc(=O)n2C3)c(NC(=O)c2ccccc2Cl)c1. The van der Waals surface area contributed by atoms with Gasteiger partial charge in [0, 0.05) is 42.9 Å². The maximum atomic E-state index is 13.4. The number of esters is 1. The van der Waals surface area contributed by atoms with Crippen LogP contribution in [0.2, 0.25) is 5.02 Å². The highest BCUT2D eigenvalue weighted by atomic mass is 35.5. The number of fused-ring (bicyclic) bond motifs is 4. The van der Waals surface area contributed by atoms with Crippen molar-refractivity contribution in [3.63, 3.8) is 0 Å². The highest BCUT2D eigenvalue weighted by Gasteiger charge is 2.35. The number of ether oxygens (including phenoxy) is 1. The van der Waals surface area contributed by atoms with Crippen LogP contribution in [-0.2, 0) is 11.3 Å². The minimum Gasteiger partial charge on any atom is -0.465 e. The third-order valence-electron chi connectivity index (χ3n) is 8.03. The Morgan fingerprint density at radius 1 is 0.814 bits per heavy atom.